The Hall–Kier alpha value is -2.24. The van der Waals surface area contributed by atoms with Crippen molar-refractivity contribution in [2.24, 2.45) is 0 Å². The highest BCUT2D eigenvalue weighted by atomic mass is 35.5. The summed E-state index contributed by atoms with van der Waals surface area (Å²) >= 11 is 7.80. The average Bonchev–Trinajstić information content (AvgIpc) is 2.86. The molecule has 2 amide bonds. The number of rotatable bonds is 2. The van der Waals surface area contributed by atoms with Gasteiger partial charge < -0.3 is 4.90 Å². The monoisotopic (exact) mass is 370 g/mol. The molecule has 0 bridgehead atoms. The van der Waals surface area contributed by atoms with E-state index in [2.05, 4.69) is 6.58 Å². The number of hydrogen-bond acceptors (Lipinski definition) is 3. The van der Waals surface area contributed by atoms with Crippen LogP contribution in [0.25, 0.3) is 5.70 Å². The van der Waals surface area contributed by atoms with E-state index in [1.807, 2.05) is 30.3 Å². The maximum Gasteiger partial charge on any atom is 0.259 e. The number of amides is 2. The topological polar surface area (TPSA) is 40.6 Å². The lowest BCUT2D eigenvalue weighted by Crippen LogP contribution is -2.42. The van der Waals surface area contributed by atoms with Crippen LogP contribution in [0.5, 0.6) is 0 Å². The van der Waals surface area contributed by atoms with E-state index in [1.54, 1.807) is 28.8 Å². The predicted octanol–water partition coefficient (Wildman–Crippen LogP) is 3.91. The summed E-state index contributed by atoms with van der Waals surface area (Å²) in [5.41, 5.74) is 2.77. The summed E-state index contributed by atoms with van der Waals surface area (Å²) in [6.45, 7) is 4.56. The molecular formula is C19H15ClN2O2S. The Bertz CT molecular complexity index is 877. The van der Waals surface area contributed by atoms with E-state index in [4.69, 9.17) is 11.6 Å². The summed E-state index contributed by atoms with van der Waals surface area (Å²) in [4.78, 5) is 29.7. The Balaban J connectivity index is 1.60. The lowest BCUT2D eigenvalue weighted by atomic mass is 10.1. The average molecular weight is 371 g/mol. The van der Waals surface area contributed by atoms with Gasteiger partial charge in [-0.1, -0.05) is 36.4 Å². The van der Waals surface area contributed by atoms with Gasteiger partial charge in [0.15, 0.2) is 0 Å². The van der Waals surface area contributed by atoms with Crippen molar-refractivity contribution in [3.63, 3.8) is 0 Å². The number of halogens is 1. The number of carbonyl (C=O) groups is 2. The summed E-state index contributed by atoms with van der Waals surface area (Å²) < 4.78 is 0. The zero-order valence-electron chi connectivity index (χ0n) is 13.4. The van der Waals surface area contributed by atoms with Crippen LogP contribution in [0.3, 0.4) is 0 Å². The predicted molar refractivity (Wildman–Crippen MR) is 101 cm³/mol. The lowest BCUT2D eigenvalue weighted by molar-refractivity contribution is -0.118. The van der Waals surface area contributed by atoms with Crippen LogP contribution in [-0.2, 0) is 4.79 Å². The number of hydrogen-bond donors (Lipinski definition) is 0. The highest BCUT2D eigenvalue weighted by Gasteiger charge is 2.34. The molecule has 0 atom stereocenters. The quantitative estimate of drug-likeness (QED) is 0.804. The smallest absolute Gasteiger partial charge is 0.259 e. The van der Waals surface area contributed by atoms with Crippen LogP contribution < -0.4 is 4.90 Å². The maximum atomic E-state index is 12.9. The summed E-state index contributed by atoms with van der Waals surface area (Å²) in [6, 6.07) is 12.8. The van der Waals surface area contributed by atoms with Gasteiger partial charge >= 0.3 is 0 Å². The third-order valence-corrected chi connectivity index (χ3v) is 5.70. The Morgan fingerprint density at radius 3 is 2.72 bits per heavy atom. The van der Waals surface area contributed by atoms with E-state index in [1.165, 1.54) is 4.90 Å². The maximum absolute atomic E-state index is 12.9. The third kappa shape index (κ3) is 2.73. The van der Waals surface area contributed by atoms with Crippen molar-refractivity contribution in [2.45, 2.75) is 4.90 Å². The SMILES string of the molecule is C=C1c2ccccc2C(=O)N1CC(=O)N1CCSc2ccc(Cl)cc21. The van der Waals surface area contributed by atoms with Crippen LogP contribution in [0.1, 0.15) is 15.9 Å². The Morgan fingerprint density at radius 2 is 1.96 bits per heavy atom. The van der Waals surface area contributed by atoms with E-state index in [0.717, 1.165) is 21.9 Å². The number of anilines is 1. The first-order chi connectivity index (χ1) is 12.1. The Morgan fingerprint density at radius 1 is 1.20 bits per heavy atom. The summed E-state index contributed by atoms with van der Waals surface area (Å²) in [6.07, 6.45) is 0. The number of thioether (sulfide) groups is 1. The fraction of sp³-hybridized carbons (Fsp3) is 0.158. The Kier molecular flexibility index (Phi) is 4.06. The standard InChI is InChI=1S/C19H15ClN2O2S/c1-12-14-4-2-3-5-15(14)19(24)22(12)11-18(23)21-8-9-25-17-7-6-13(20)10-16(17)21/h2-7,10H,1,8-9,11H2. The van der Waals surface area contributed by atoms with Crippen LogP contribution >= 0.6 is 23.4 Å². The molecule has 2 aliphatic heterocycles. The van der Waals surface area contributed by atoms with Crippen LogP contribution in [0.4, 0.5) is 5.69 Å². The van der Waals surface area contributed by atoms with Crippen molar-refractivity contribution in [1.29, 1.82) is 0 Å². The molecule has 0 saturated heterocycles. The molecule has 0 unspecified atom stereocenters. The van der Waals surface area contributed by atoms with Gasteiger partial charge in [-0.25, -0.2) is 0 Å². The molecule has 25 heavy (non-hydrogen) atoms. The molecule has 2 heterocycles. The molecule has 4 rings (SSSR count). The van der Waals surface area contributed by atoms with Gasteiger partial charge in [-0.2, -0.15) is 0 Å². The largest absolute Gasteiger partial charge is 0.309 e. The van der Waals surface area contributed by atoms with Crippen molar-refractivity contribution >= 4 is 46.6 Å². The summed E-state index contributed by atoms with van der Waals surface area (Å²) in [7, 11) is 0. The second-order valence-corrected chi connectivity index (χ2v) is 7.46. The molecule has 0 spiro atoms. The molecule has 2 aromatic carbocycles. The highest BCUT2D eigenvalue weighted by molar-refractivity contribution is 7.99. The van der Waals surface area contributed by atoms with Crippen LogP contribution in [0.15, 0.2) is 53.9 Å². The van der Waals surface area contributed by atoms with Crippen molar-refractivity contribution in [3.8, 4) is 0 Å². The van der Waals surface area contributed by atoms with Crippen molar-refractivity contribution < 1.29 is 9.59 Å². The van der Waals surface area contributed by atoms with Gasteiger partial charge in [0.25, 0.3) is 5.91 Å². The van der Waals surface area contributed by atoms with Gasteiger partial charge in [0.1, 0.15) is 6.54 Å². The number of nitrogens with zero attached hydrogens (tertiary/aromatic N) is 2. The number of fused-ring (bicyclic) bond motifs is 2. The van der Waals surface area contributed by atoms with Gasteiger partial charge in [0, 0.05) is 39.0 Å². The van der Waals surface area contributed by atoms with Gasteiger partial charge in [-0.05, 0) is 24.3 Å². The normalized spacial score (nSPS) is 16.0. The molecule has 6 heteroatoms. The minimum Gasteiger partial charge on any atom is -0.309 e. The first kappa shape index (κ1) is 16.2. The second kappa shape index (κ2) is 6.24. The molecule has 0 saturated carbocycles. The molecule has 0 aliphatic carbocycles. The fourth-order valence-electron chi connectivity index (χ4n) is 3.17. The summed E-state index contributed by atoms with van der Waals surface area (Å²) in [5, 5.41) is 0.591. The fourth-order valence-corrected chi connectivity index (χ4v) is 4.31. The van der Waals surface area contributed by atoms with E-state index >= 15 is 0 Å². The third-order valence-electron chi connectivity index (χ3n) is 4.42. The van der Waals surface area contributed by atoms with Crippen LogP contribution in [0, 0.1) is 0 Å². The molecule has 2 aliphatic rings. The molecule has 126 valence electrons. The summed E-state index contributed by atoms with van der Waals surface area (Å²) in [5.74, 6) is 0.507. The molecule has 4 nitrogen and oxygen atoms in total. The van der Waals surface area contributed by atoms with Gasteiger partial charge in [0.2, 0.25) is 5.91 Å². The van der Waals surface area contributed by atoms with Crippen LogP contribution in [0.2, 0.25) is 5.02 Å². The minimum absolute atomic E-state index is 0.0248. The molecule has 0 N–H and O–H groups in total. The minimum atomic E-state index is -0.174. The number of carbonyl (C=O) groups excluding carboxylic acids is 2. The van der Waals surface area contributed by atoms with E-state index in [-0.39, 0.29) is 18.4 Å². The molecule has 0 fully saturated rings. The van der Waals surface area contributed by atoms with Gasteiger partial charge in [-0.3, -0.25) is 14.5 Å². The van der Waals surface area contributed by atoms with Gasteiger partial charge in [-0.15, -0.1) is 11.8 Å². The zero-order chi connectivity index (χ0) is 17.6. The lowest BCUT2D eigenvalue weighted by Gasteiger charge is -2.30. The number of benzene rings is 2. The van der Waals surface area contributed by atoms with Crippen molar-refractivity contribution in [1.82, 2.24) is 4.90 Å². The molecule has 0 radical (unpaired) electrons. The second-order valence-electron chi connectivity index (χ2n) is 5.89. The van der Waals surface area contributed by atoms with E-state index in [9.17, 15) is 9.59 Å². The first-order valence-corrected chi connectivity index (χ1v) is 9.25. The van der Waals surface area contributed by atoms with E-state index < -0.39 is 0 Å². The molecular weight excluding hydrogens is 356 g/mol. The first-order valence-electron chi connectivity index (χ1n) is 7.89. The molecule has 2 aromatic rings. The zero-order valence-corrected chi connectivity index (χ0v) is 14.9. The van der Waals surface area contributed by atoms with E-state index in [0.29, 0.717) is 22.8 Å². The van der Waals surface area contributed by atoms with Gasteiger partial charge in [0.05, 0.1) is 5.69 Å². The molecule has 0 aromatic heterocycles. The Labute approximate surface area is 155 Å². The van der Waals surface area contributed by atoms with Crippen molar-refractivity contribution in [3.05, 3.63) is 65.2 Å². The van der Waals surface area contributed by atoms with Crippen LogP contribution in [-0.4, -0.2) is 35.6 Å². The van der Waals surface area contributed by atoms with Crippen molar-refractivity contribution in [2.75, 3.05) is 23.7 Å². The highest BCUT2D eigenvalue weighted by Crippen LogP contribution is 2.37.